The average Bonchev–Trinajstić information content (AvgIpc) is 2.73. The Hall–Kier alpha value is -1.69. The smallest absolute Gasteiger partial charge is 0.321 e. The molecule has 21 heavy (non-hydrogen) atoms. The molecule has 3 rings (SSSR count). The fraction of sp³-hybridized carbons (Fsp3) is 0.667. The Balaban J connectivity index is 1.89. The van der Waals surface area contributed by atoms with Crippen LogP contribution in [0.5, 0.6) is 0 Å². The number of esters is 2. The van der Waals surface area contributed by atoms with Crippen molar-refractivity contribution in [3.05, 3.63) is 12.7 Å². The standard InChI is InChI=1S/C15H19NO5/c1-3-14(16)7-15(14,13(19)20-4-2)11(17)9-5-8-6-10(9)12(18)21-8/h3,8-10H,1,4-7,16H2,2H3. The van der Waals surface area contributed by atoms with Crippen LogP contribution in [0.1, 0.15) is 26.2 Å². The van der Waals surface area contributed by atoms with Crippen LogP contribution in [0.4, 0.5) is 0 Å². The molecule has 0 aromatic heterocycles. The molecule has 5 unspecified atom stereocenters. The molecule has 1 heterocycles. The zero-order valence-electron chi connectivity index (χ0n) is 12.0. The summed E-state index contributed by atoms with van der Waals surface area (Å²) in [7, 11) is 0. The molecule has 1 saturated heterocycles. The number of ether oxygens (including phenoxy) is 2. The Morgan fingerprint density at radius 3 is 2.71 bits per heavy atom. The largest absolute Gasteiger partial charge is 0.465 e. The van der Waals surface area contributed by atoms with E-state index in [1.165, 1.54) is 6.08 Å². The van der Waals surface area contributed by atoms with Crippen molar-refractivity contribution in [1.82, 2.24) is 0 Å². The second-order valence-corrected chi connectivity index (χ2v) is 6.15. The van der Waals surface area contributed by atoms with Gasteiger partial charge in [0.05, 0.1) is 18.1 Å². The van der Waals surface area contributed by atoms with Crippen molar-refractivity contribution in [2.45, 2.75) is 37.8 Å². The number of ketones is 1. The van der Waals surface area contributed by atoms with Crippen molar-refractivity contribution in [1.29, 1.82) is 0 Å². The summed E-state index contributed by atoms with van der Waals surface area (Å²) in [5.74, 6) is -2.17. The SMILES string of the molecule is C=CC1(N)CC1(C(=O)OCC)C(=O)C1CC2CC1C(=O)O2. The quantitative estimate of drug-likeness (QED) is 0.446. The van der Waals surface area contributed by atoms with Gasteiger partial charge in [0.25, 0.3) is 0 Å². The first-order chi connectivity index (χ1) is 9.89. The van der Waals surface area contributed by atoms with Crippen LogP contribution in [0.3, 0.4) is 0 Å². The molecular weight excluding hydrogens is 274 g/mol. The molecule has 0 spiro atoms. The molecule has 2 bridgehead atoms. The predicted octanol–water partition coefficient (Wildman–Crippen LogP) is 0.344. The van der Waals surface area contributed by atoms with Crippen LogP contribution < -0.4 is 5.73 Å². The monoisotopic (exact) mass is 293 g/mol. The number of carbonyl (C=O) groups excluding carboxylic acids is 3. The molecule has 2 saturated carbocycles. The van der Waals surface area contributed by atoms with Gasteiger partial charge in [0.15, 0.2) is 5.78 Å². The topological polar surface area (TPSA) is 95.7 Å². The number of rotatable bonds is 5. The molecule has 0 radical (unpaired) electrons. The summed E-state index contributed by atoms with van der Waals surface area (Å²) in [4.78, 5) is 36.9. The summed E-state index contributed by atoms with van der Waals surface area (Å²) >= 11 is 0. The summed E-state index contributed by atoms with van der Waals surface area (Å²) in [6, 6.07) is 0. The first kappa shape index (κ1) is 14.3. The first-order valence-electron chi connectivity index (χ1n) is 7.24. The molecule has 3 fully saturated rings. The molecule has 5 atom stereocenters. The zero-order valence-corrected chi connectivity index (χ0v) is 12.0. The number of nitrogens with two attached hydrogens (primary N) is 1. The Morgan fingerprint density at radius 2 is 2.24 bits per heavy atom. The van der Waals surface area contributed by atoms with Crippen molar-refractivity contribution >= 4 is 17.7 Å². The lowest BCUT2D eigenvalue weighted by Crippen LogP contribution is -2.45. The maximum atomic E-state index is 12.9. The maximum absolute atomic E-state index is 12.9. The van der Waals surface area contributed by atoms with Crippen molar-refractivity contribution in [2.24, 2.45) is 23.0 Å². The average molecular weight is 293 g/mol. The fourth-order valence-corrected chi connectivity index (χ4v) is 3.78. The van der Waals surface area contributed by atoms with Crippen molar-refractivity contribution in [2.75, 3.05) is 6.61 Å². The lowest BCUT2D eigenvalue weighted by atomic mass is 9.80. The third-order valence-corrected chi connectivity index (χ3v) is 5.08. The molecule has 2 N–H and O–H groups in total. The predicted molar refractivity (Wildman–Crippen MR) is 71.9 cm³/mol. The number of carbonyl (C=O) groups is 3. The van der Waals surface area contributed by atoms with Crippen LogP contribution in [0, 0.1) is 17.3 Å². The molecule has 0 aromatic rings. The lowest BCUT2D eigenvalue weighted by molar-refractivity contribution is -0.161. The van der Waals surface area contributed by atoms with Gasteiger partial charge in [-0.15, -0.1) is 6.58 Å². The number of hydrogen-bond acceptors (Lipinski definition) is 6. The fourth-order valence-electron chi connectivity index (χ4n) is 3.78. The molecule has 0 amide bonds. The first-order valence-corrected chi connectivity index (χ1v) is 7.24. The van der Waals surface area contributed by atoms with E-state index in [9.17, 15) is 14.4 Å². The van der Waals surface area contributed by atoms with Crippen LogP contribution in [0.2, 0.25) is 0 Å². The highest BCUT2D eigenvalue weighted by Crippen LogP contribution is 2.60. The summed E-state index contributed by atoms with van der Waals surface area (Å²) < 4.78 is 10.2. The normalized spacial score (nSPS) is 43.3. The molecular formula is C15H19NO5. The van der Waals surface area contributed by atoms with Crippen LogP contribution in [-0.2, 0) is 23.9 Å². The van der Waals surface area contributed by atoms with Gasteiger partial charge in [-0.1, -0.05) is 6.08 Å². The van der Waals surface area contributed by atoms with Crippen molar-refractivity contribution < 1.29 is 23.9 Å². The number of Topliss-reactive ketones (excluding diaryl/α,β-unsaturated/α-hetero) is 1. The van der Waals surface area contributed by atoms with E-state index in [1.54, 1.807) is 6.92 Å². The van der Waals surface area contributed by atoms with E-state index in [1.807, 2.05) is 0 Å². The highest BCUT2D eigenvalue weighted by molar-refractivity contribution is 6.12. The summed E-state index contributed by atoms with van der Waals surface area (Å²) in [5.41, 5.74) is 3.66. The van der Waals surface area contributed by atoms with Gasteiger partial charge in [0, 0.05) is 5.92 Å². The minimum atomic E-state index is -1.37. The number of hydrogen-bond donors (Lipinski definition) is 1. The summed E-state index contributed by atoms with van der Waals surface area (Å²) in [6.45, 7) is 5.49. The highest BCUT2D eigenvalue weighted by atomic mass is 16.6. The Kier molecular flexibility index (Phi) is 2.99. The Morgan fingerprint density at radius 1 is 1.52 bits per heavy atom. The van der Waals surface area contributed by atoms with E-state index in [0.29, 0.717) is 12.8 Å². The third kappa shape index (κ3) is 1.71. The van der Waals surface area contributed by atoms with E-state index < -0.39 is 28.8 Å². The van der Waals surface area contributed by atoms with Gasteiger partial charge in [0.2, 0.25) is 0 Å². The zero-order chi connectivity index (χ0) is 15.4. The summed E-state index contributed by atoms with van der Waals surface area (Å²) in [5, 5.41) is 0. The van der Waals surface area contributed by atoms with E-state index in [0.717, 1.165) is 0 Å². The minimum Gasteiger partial charge on any atom is -0.465 e. The van der Waals surface area contributed by atoms with E-state index in [2.05, 4.69) is 6.58 Å². The van der Waals surface area contributed by atoms with Crippen LogP contribution in [-0.4, -0.2) is 36.0 Å². The third-order valence-electron chi connectivity index (χ3n) is 5.08. The Labute approximate surface area is 122 Å². The van der Waals surface area contributed by atoms with Crippen molar-refractivity contribution in [3.63, 3.8) is 0 Å². The van der Waals surface area contributed by atoms with Gasteiger partial charge in [-0.05, 0) is 26.2 Å². The van der Waals surface area contributed by atoms with Gasteiger partial charge in [-0.3, -0.25) is 14.4 Å². The molecule has 3 aliphatic rings. The number of fused-ring (bicyclic) bond motifs is 2. The van der Waals surface area contributed by atoms with Gasteiger partial charge in [0.1, 0.15) is 11.5 Å². The van der Waals surface area contributed by atoms with E-state index >= 15 is 0 Å². The van der Waals surface area contributed by atoms with Gasteiger partial charge in [-0.25, -0.2) is 0 Å². The van der Waals surface area contributed by atoms with Crippen molar-refractivity contribution in [3.8, 4) is 0 Å². The molecule has 114 valence electrons. The van der Waals surface area contributed by atoms with E-state index in [4.69, 9.17) is 15.2 Å². The molecule has 0 aromatic carbocycles. The van der Waals surface area contributed by atoms with Gasteiger partial charge >= 0.3 is 11.9 Å². The van der Waals surface area contributed by atoms with Crippen LogP contribution >= 0.6 is 0 Å². The Bertz CT molecular complexity index is 544. The molecule has 6 heteroatoms. The minimum absolute atomic E-state index is 0.180. The highest BCUT2D eigenvalue weighted by Gasteiger charge is 2.76. The van der Waals surface area contributed by atoms with Crippen LogP contribution in [0.25, 0.3) is 0 Å². The second kappa shape index (κ2) is 4.40. The lowest BCUT2D eigenvalue weighted by Gasteiger charge is -2.25. The van der Waals surface area contributed by atoms with E-state index in [-0.39, 0.29) is 30.9 Å². The van der Waals surface area contributed by atoms with Crippen LogP contribution in [0.15, 0.2) is 12.7 Å². The van der Waals surface area contributed by atoms with Gasteiger partial charge in [-0.2, -0.15) is 0 Å². The molecule has 2 aliphatic carbocycles. The van der Waals surface area contributed by atoms with Gasteiger partial charge < -0.3 is 15.2 Å². The maximum Gasteiger partial charge on any atom is 0.321 e. The molecule has 1 aliphatic heterocycles. The molecule has 6 nitrogen and oxygen atoms in total. The second-order valence-electron chi connectivity index (χ2n) is 6.15. The summed E-state index contributed by atoms with van der Waals surface area (Å²) in [6.07, 6.45) is 2.46.